The molecule has 0 aliphatic heterocycles. The molecular weight excluding hydrogens is 436 g/mol. The zero-order chi connectivity index (χ0) is 24.3. The first-order chi connectivity index (χ1) is 17.3. The van der Waals surface area contributed by atoms with Crippen molar-refractivity contribution in [1.82, 2.24) is 19.9 Å². The van der Waals surface area contributed by atoms with Crippen LogP contribution in [-0.2, 0) is 19.4 Å². The molecule has 0 saturated carbocycles. The number of pyridine rings is 1. The third-order valence-corrected chi connectivity index (χ3v) is 5.86. The lowest BCUT2D eigenvalue weighted by Gasteiger charge is -2.12. The molecule has 0 spiro atoms. The Morgan fingerprint density at radius 1 is 1.00 bits per heavy atom. The molecule has 2 heterocycles. The molecule has 0 saturated heterocycles. The van der Waals surface area contributed by atoms with Gasteiger partial charge in [-0.25, -0.2) is 4.98 Å². The number of para-hydroxylation sites is 3. The van der Waals surface area contributed by atoms with Crippen molar-refractivity contribution >= 4 is 16.9 Å². The predicted molar refractivity (Wildman–Crippen MR) is 140 cm³/mol. The molecule has 1 amide bonds. The van der Waals surface area contributed by atoms with Crippen molar-refractivity contribution in [3.8, 4) is 5.75 Å². The lowest BCUT2D eigenvalue weighted by Crippen LogP contribution is -2.25. The fraction of sp³-hybridized carbons (Fsp3) is 0.276. The lowest BCUT2D eigenvalue weighted by molar-refractivity contribution is 0.0948. The smallest absolute Gasteiger partial charge is 0.269 e. The fourth-order valence-electron chi connectivity index (χ4n) is 4.12. The van der Waals surface area contributed by atoms with Gasteiger partial charge in [0.15, 0.2) is 0 Å². The molecule has 0 aliphatic carbocycles. The van der Waals surface area contributed by atoms with Crippen LogP contribution in [-0.4, -0.2) is 33.6 Å². The van der Waals surface area contributed by atoms with Crippen molar-refractivity contribution in [2.45, 2.75) is 38.6 Å². The van der Waals surface area contributed by atoms with Crippen LogP contribution >= 0.6 is 0 Å². The molecule has 2 aromatic heterocycles. The Kier molecular flexibility index (Phi) is 8.65. The van der Waals surface area contributed by atoms with E-state index < -0.39 is 0 Å². The van der Waals surface area contributed by atoms with E-state index >= 15 is 0 Å². The summed E-state index contributed by atoms with van der Waals surface area (Å²) in [5.41, 5.74) is 3.77. The Hall–Kier alpha value is -3.93. The largest absolute Gasteiger partial charge is 0.493 e. The summed E-state index contributed by atoms with van der Waals surface area (Å²) < 4.78 is 8.35. The Balaban J connectivity index is 1.29. The van der Waals surface area contributed by atoms with E-state index in [1.165, 1.54) is 5.56 Å². The first kappa shape index (κ1) is 24.2. The molecule has 0 fully saturated rings. The SMILES string of the molecule is C=CCc1ccccc1OCCCCn1c(CCCNC(=O)c2ccccn2)nc2ccccc21. The number of amides is 1. The average molecular weight is 469 g/mol. The highest BCUT2D eigenvalue weighted by molar-refractivity contribution is 5.92. The zero-order valence-corrected chi connectivity index (χ0v) is 20.0. The quantitative estimate of drug-likeness (QED) is 0.211. The Morgan fingerprint density at radius 3 is 2.69 bits per heavy atom. The molecule has 1 N–H and O–H groups in total. The molecule has 0 radical (unpaired) electrons. The summed E-state index contributed by atoms with van der Waals surface area (Å²) in [6, 6.07) is 21.7. The van der Waals surface area contributed by atoms with Gasteiger partial charge < -0.3 is 14.6 Å². The van der Waals surface area contributed by atoms with Crippen LogP contribution in [0, 0.1) is 0 Å². The summed E-state index contributed by atoms with van der Waals surface area (Å²) in [7, 11) is 0. The van der Waals surface area contributed by atoms with Crippen LogP contribution in [0.3, 0.4) is 0 Å². The van der Waals surface area contributed by atoms with Crippen LogP contribution in [0.15, 0.2) is 85.6 Å². The highest BCUT2D eigenvalue weighted by Crippen LogP contribution is 2.20. The van der Waals surface area contributed by atoms with E-state index in [-0.39, 0.29) is 5.91 Å². The lowest BCUT2D eigenvalue weighted by atomic mass is 10.1. The summed E-state index contributed by atoms with van der Waals surface area (Å²) in [4.78, 5) is 21.2. The molecule has 2 aromatic carbocycles. The van der Waals surface area contributed by atoms with Crippen LogP contribution in [0.5, 0.6) is 5.75 Å². The minimum Gasteiger partial charge on any atom is -0.493 e. The van der Waals surface area contributed by atoms with Crippen molar-refractivity contribution in [3.63, 3.8) is 0 Å². The van der Waals surface area contributed by atoms with Gasteiger partial charge in [-0.1, -0.05) is 42.5 Å². The number of rotatable bonds is 13. The molecular formula is C29H32N4O2. The minimum absolute atomic E-state index is 0.145. The van der Waals surface area contributed by atoms with Crippen molar-refractivity contribution in [1.29, 1.82) is 0 Å². The summed E-state index contributed by atoms with van der Waals surface area (Å²) in [5.74, 6) is 1.85. The number of hydrogen-bond acceptors (Lipinski definition) is 4. The van der Waals surface area contributed by atoms with E-state index in [1.807, 2.05) is 36.4 Å². The maximum absolute atomic E-state index is 12.2. The van der Waals surface area contributed by atoms with E-state index in [0.717, 1.165) is 61.3 Å². The first-order valence-corrected chi connectivity index (χ1v) is 12.2. The molecule has 180 valence electrons. The highest BCUT2D eigenvalue weighted by Gasteiger charge is 2.11. The van der Waals surface area contributed by atoms with E-state index in [1.54, 1.807) is 18.3 Å². The second-order valence-corrected chi connectivity index (χ2v) is 8.40. The Bertz CT molecular complexity index is 1250. The zero-order valence-electron chi connectivity index (χ0n) is 20.0. The topological polar surface area (TPSA) is 69.0 Å². The van der Waals surface area contributed by atoms with Gasteiger partial charge in [-0.2, -0.15) is 0 Å². The number of unbranched alkanes of at least 4 members (excludes halogenated alkanes) is 1. The molecule has 35 heavy (non-hydrogen) atoms. The predicted octanol–water partition coefficient (Wildman–Crippen LogP) is 5.38. The molecule has 4 aromatic rings. The van der Waals surface area contributed by atoms with Gasteiger partial charge in [0, 0.05) is 25.7 Å². The number of hydrogen-bond donors (Lipinski definition) is 1. The number of fused-ring (bicyclic) bond motifs is 1. The molecule has 0 aliphatic rings. The number of ether oxygens (including phenoxy) is 1. The van der Waals surface area contributed by atoms with Gasteiger partial charge in [0.2, 0.25) is 0 Å². The highest BCUT2D eigenvalue weighted by atomic mass is 16.5. The number of allylic oxidation sites excluding steroid dienone is 1. The number of carbonyl (C=O) groups excluding carboxylic acids is 1. The number of benzene rings is 2. The van der Waals surface area contributed by atoms with E-state index in [0.29, 0.717) is 18.8 Å². The Labute approximate surface area is 206 Å². The van der Waals surface area contributed by atoms with Crippen molar-refractivity contribution in [3.05, 3.63) is 103 Å². The van der Waals surface area contributed by atoms with Gasteiger partial charge in [-0.3, -0.25) is 9.78 Å². The molecule has 0 bridgehead atoms. The van der Waals surface area contributed by atoms with Crippen molar-refractivity contribution in [2.75, 3.05) is 13.2 Å². The van der Waals surface area contributed by atoms with E-state index in [4.69, 9.17) is 9.72 Å². The van der Waals surface area contributed by atoms with Crippen molar-refractivity contribution in [2.24, 2.45) is 0 Å². The average Bonchev–Trinajstić information content (AvgIpc) is 3.25. The second-order valence-electron chi connectivity index (χ2n) is 8.40. The van der Waals surface area contributed by atoms with Gasteiger partial charge in [-0.05, 0) is 61.6 Å². The molecule has 0 unspecified atom stereocenters. The number of nitrogens with one attached hydrogen (secondary N) is 1. The number of aromatic nitrogens is 3. The molecule has 0 atom stereocenters. The normalized spacial score (nSPS) is 10.9. The van der Waals surface area contributed by atoms with E-state index in [9.17, 15) is 4.79 Å². The fourth-order valence-corrected chi connectivity index (χ4v) is 4.12. The standard InChI is InChI=1S/C29H32N4O2/c1-2-12-23-13-3-6-17-27(23)35-22-10-9-21-33-26-16-5-4-14-24(26)32-28(33)18-11-20-31-29(34)25-15-7-8-19-30-25/h2-8,13-17,19H,1,9-12,18,20-22H2,(H,31,34). The van der Waals surface area contributed by atoms with Crippen LogP contribution < -0.4 is 10.1 Å². The minimum atomic E-state index is -0.145. The molecule has 6 nitrogen and oxygen atoms in total. The van der Waals surface area contributed by atoms with Gasteiger partial charge in [0.1, 0.15) is 17.3 Å². The summed E-state index contributed by atoms with van der Waals surface area (Å²) >= 11 is 0. The summed E-state index contributed by atoms with van der Waals surface area (Å²) in [5, 5.41) is 2.95. The van der Waals surface area contributed by atoms with Gasteiger partial charge >= 0.3 is 0 Å². The molecule has 4 rings (SSSR count). The monoisotopic (exact) mass is 468 g/mol. The Morgan fingerprint density at radius 2 is 1.83 bits per heavy atom. The summed E-state index contributed by atoms with van der Waals surface area (Å²) in [6.07, 6.45) is 7.89. The first-order valence-electron chi connectivity index (χ1n) is 12.2. The van der Waals surface area contributed by atoms with Crippen LogP contribution in [0.25, 0.3) is 11.0 Å². The van der Waals surface area contributed by atoms with Crippen LogP contribution in [0.4, 0.5) is 0 Å². The summed E-state index contributed by atoms with van der Waals surface area (Å²) in [6.45, 7) is 5.97. The maximum Gasteiger partial charge on any atom is 0.269 e. The van der Waals surface area contributed by atoms with Gasteiger partial charge in [-0.15, -0.1) is 6.58 Å². The number of nitrogens with zero attached hydrogens (tertiary/aromatic N) is 3. The third-order valence-electron chi connectivity index (χ3n) is 5.86. The molecule has 6 heteroatoms. The van der Waals surface area contributed by atoms with E-state index in [2.05, 4.69) is 45.7 Å². The third kappa shape index (κ3) is 6.57. The van der Waals surface area contributed by atoms with Crippen molar-refractivity contribution < 1.29 is 9.53 Å². The number of aryl methyl sites for hydroxylation is 2. The van der Waals surface area contributed by atoms with Crippen LogP contribution in [0.2, 0.25) is 0 Å². The van der Waals surface area contributed by atoms with Crippen LogP contribution in [0.1, 0.15) is 41.1 Å². The van der Waals surface area contributed by atoms with Gasteiger partial charge in [0.25, 0.3) is 5.91 Å². The second kappa shape index (κ2) is 12.5. The van der Waals surface area contributed by atoms with Gasteiger partial charge in [0.05, 0.1) is 17.6 Å². The number of imidazole rings is 1. The maximum atomic E-state index is 12.2. The number of carbonyl (C=O) groups is 1.